The second-order valence-corrected chi connectivity index (χ2v) is 5.36. The summed E-state index contributed by atoms with van der Waals surface area (Å²) in [4.78, 5) is 7.85. The summed E-state index contributed by atoms with van der Waals surface area (Å²) < 4.78 is 2.09. The van der Waals surface area contributed by atoms with Crippen molar-refractivity contribution < 1.29 is 4.57 Å². The van der Waals surface area contributed by atoms with Gasteiger partial charge in [-0.25, -0.2) is 14.9 Å². The third-order valence-corrected chi connectivity index (χ3v) is 3.83. The monoisotopic (exact) mass is 298 g/mol. The number of benzene rings is 2. The topological polar surface area (TPSA) is 70.1 Å². The molecule has 1 aliphatic rings. The molecule has 0 aliphatic carbocycles. The zero-order valence-corrected chi connectivity index (χ0v) is 11.8. The third-order valence-electron chi connectivity index (χ3n) is 3.58. The van der Waals surface area contributed by atoms with Crippen LogP contribution in [0.2, 0.25) is 5.02 Å². The smallest absolute Gasteiger partial charge is 0.357 e. The number of para-hydroxylation sites is 2. The number of imidazole rings is 1. The SMILES string of the molecule is NC1=NC(c2ccc(Cl)cc2)[n+]2c([nH]c3ccccc32)N1. The summed E-state index contributed by atoms with van der Waals surface area (Å²) in [5.74, 6) is 1.21. The summed E-state index contributed by atoms with van der Waals surface area (Å²) in [5, 5.41) is 3.77. The number of nitrogens with zero attached hydrogens (tertiary/aromatic N) is 2. The van der Waals surface area contributed by atoms with E-state index in [0.717, 1.165) is 22.5 Å². The van der Waals surface area contributed by atoms with E-state index in [2.05, 4.69) is 25.9 Å². The lowest BCUT2D eigenvalue weighted by atomic mass is 10.1. The first-order valence-electron chi connectivity index (χ1n) is 6.60. The van der Waals surface area contributed by atoms with Crippen LogP contribution in [0.1, 0.15) is 11.7 Å². The van der Waals surface area contributed by atoms with Gasteiger partial charge in [-0.05, 0) is 24.3 Å². The Morgan fingerprint density at radius 2 is 1.86 bits per heavy atom. The summed E-state index contributed by atoms with van der Waals surface area (Å²) >= 11 is 5.97. The van der Waals surface area contributed by atoms with Crippen LogP contribution in [0.5, 0.6) is 0 Å². The minimum atomic E-state index is -0.213. The van der Waals surface area contributed by atoms with Gasteiger partial charge in [0.15, 0.2) is 0 Å². The van der Waals surface area contributed by atoms with Crippen LogP contribution in [0.15, 0.2) is 53.5 Å². The van der Waals surface area contributed by atoms with E-state index < -0.39 is 0 Å². The average Bonchev–Trinajstić information content (AvgIpc) is 2.85. The Balaban J connectivity index is 1.95. The number of nitrogens with two attached hydrogens (primary N) is 1. The quantitative estimate of drug-likeness (QED) is 0.604. The van der Waals surface area contributed by atoms with Crippen molar-refractivity contribution in [2.45, 2.75) is 6.17 Å². The third kappa shape index (κ3) is 1.94. The first-order valence-corrected chi connectivity index (χ1v) is 6.98. The molecule has 0 bridgehead atoms. The zero-order valence-electron chi connectivity index (χ0n) is 11.0. The number of anilines is 1. The normalized spacial score (nSPS) is 17.2. The molecule has 0 spiro atoms. The fraction of sp³-hybridized carbons (Fsp3) is 0.0667. The largest absolute Gasteiger partial charge is 0.365 e. The maximum atomic E-state index is 5.97. The molecule has 1 atom stereocenters. The molecular formula is C15H13ClN5+. The van der Waals surface area contributed by atoms with E-state index in [1.807, 2.05) is 42.5 Å². The number of hydrogen-bond acceptors (Lipinski definition) is 3. The van der Waals surface area contributed by atoms with E-state index in [1.54, 1.807) is 0 Å². The van der Waals surface area contributed by atoms with Crippen LogP contribution in [0.25, 0.3) is 11.0 Å². The van der Waals surface area contributed by atoms with Gasteiger partial charge < -0.3 is 5.73 Å². The number of halogens is 1. The summed E-state index contributed by atoms with van der Waals surface area (Å²) in [7, 11) is 0. The van der Waals surface area contributed by atoms with Crippen molar-refractivity contribution in [3.05, 3.63) is 59.1 Å². The first kappa shape index (κ1) is 12.2. The molecule has 3 aromatic rings. The van der Waals surface area contributed by atoms with E-state index in [1.165, 1.54) is 0 Å². The van der Waals surface area contributed by atoms with Crippen LogP contribution in [0, 0.1) is 0 Å². The van der Waals surface area contributed by atoms with Gasteiger partial charge >= 0.3 is 5.95 Å². The van der Waals surface area contributed by atoms with Crippen LogP contribution in [-0.2, 0) is 0 Å². The molecule has 1 aromatic heterocycles. The minimum absolute atomic E-state index is 0.213. The number of aliphatic imine (C=N–C) groups is 1. The standard InChI is InChI=1S/C15H12ClN5/c16-10-7-5-9(6-8-10)13-19-14(17)20-15-18-11-3-1-2-4-12(11)21(13)15/h1-8,13H,(H3,17,18,19,20)/p+1. The Labute approximate surface area is 126 Å². The predicted molar refractivity (Wildman–Crippen MR) is 83.3 cm³/mol. The molecular weight excluding hydrogens is 286 g/mol. The van der Waals surface area contributed by atoms with Crippen LogP contribution in [0.4, 0.5) is 5.95 Å². The second kappa shape index (κ2) is 4.49. The molecule has 104 valence electrons. The number of fused-ring (bicyclic) bond motifs is 3. The molecule has 1 aliphatic heterocycles. The van der Waals surface area contributed by atoms with E-state index in [4.69, 9.17) is 17.3 Å². The van der Waals surface area contributed by atoms with E-state index in [9.17, 15) is 0 Å². The van der Waals surface area contributed by atoms with Gasteiger partial charge in [0, 0.05) is 10.6 Å². The Morgan fingerprint density at radius 3 is 2.67 bits per heavy atom. The number of aromatic nitrogens is 2. The Hall–Kier alpha value is -2.53. The molecule has 0 saturated heterocycles. The summed E-state index contributed by atoms with van der Waals surface area (Å²) in [5.41, 5.74) is 9.03. The molecule has 1 unspecified atom stereocenters. The van der Waals surface area contributed by atoms with Crippen LogP contribution in [0.3, 0.4) is 0 Å². The molecule has 0 saturated carbocycles. The van der Waals surface area contributed by atoms with Crippen molar-refractivity contribution in [3.8, 4) is 0 Å². The molecule has 4 N–H and O–H groups in total. The van der Waals surface area contributed by atoms with Crippen molar-refractivity contribution >= 4 is 34.5 Å². The van der Waals surface area contributed by atoms with Gasteiger partial charge in [-0.3, -0.25) is 0 Å². The Morgan fingerprint density at radius 1 is 1.10 bits per heavy atom. The number of rotatable bonds is 1. The van der Waals surface area contributed by atoms with Crippen molar-refractivity contribution in [3.63, 3.8) is 0 Å². The minimum Gasteiger partial charge on any atom is -0.357 e. The molecule has 2 aromatic carbocycles. The molecule has 4 rings (SSSR count). The Bertz CT molecular complexity index is 850. The van der Waals surface area contributed by atoms with Crippen molar-refractivity contribution in [2.24, 2.45) is 10.7 Å². The van der Waals surface area contributed by atoms with Gasteiger partial charge in [0.1, 0.15) is 11.0 Å². The number of H-pyrrole nitrogens is 1. The lowest BCUT2D eigenvalue weighted by Crippen LogP contribution is -2.48. The number of guanidine groups is 1. The van der Waals surface area contributed by atoms with Gasteiger partial charge in [0.2, 0.25) is 6.17 Å². The molecule has 6 heteroatoms. The maximum Gasteiger partial charge on any atom is 0.365 e. The average molecular weight is 299 g/mol. The van der Waals surface area contributed by atoms with Crippen molar-refractivity contribution in [1.82, 2.24) is 4.98 Å². The van der Waals surface area contributed by atoms with Gasteiger partial charge in [0.25, 0.3) is 5.96 Å². The highest BCUT2D eigenvalue weighted by molar-refractivity contribution is 6.30. The van der Waals surface area contributed by atoms with Gasteiger partial charge in [0.05, 0.1) is 0 Å². The van der Waals surface area contributed by atoms with Crippen LogP contribution < -0.4 is 15.6 Å². The first-order chi connectivity index (χ1) is 10.2. The van der Waals surface area contributed by atoms with E-state index >= 15 is 0 Å². The molecule has 0 fully saturated rings. The van der Waals surface area contributed by atoms with Gasteiger partial charge in [-0.2, -0.15) is 4.99 Å². The van der Waals surface area contributed by atoms with Gasteiger partial charge in [-0.1, -0.05) is 35.9 Å². The molecule has 0 amide bonds. The molecule has 2 heterocycles. The number of hydrogen-bond donors (Lipinski definition) is 3. The van der Waals surface area contributed by atoms with Gasteiger partial charge in [-0.15, -0.1) is 0 Å². The van der Waals surface area contributed by atoms with Crippen molar-refractivity contribution in [1.29, 1.82) is 0 Å². The predicted octanol–water partition coefficient (Wildman–Crippen LogP) is 2.40. The number of aromatic amines is 1. The van der Waals surface area contributed by atoms with E-state index in [-0.39, 0.29) is 6.17 Å². The summed E-state index contributed by atoms with van der Waals surface area (Å²) in [6.45, 7) is 0. The summed E-state index contributed by atoms with van der Waals surface area (Å²) in [6.07, 6.45) is -0.213. The second-order valence-electron chi connectivity index (χ2n) is 4.93. The van der Waals surface area contributed by atoms with Crippen LogP contribution >= 0.6 is 11.6 Å². The Kier molecular flexibility index (Phi) is 2.62. The van der Waals surface area contributed by atoms with Crippen LogP contribution in [-0.4, -0.2) is 10.9 Å². The molecule has 5 nitrogen and oxygen atoms in total. The fourth-order valence-corrected chi connectivity index (χ4v) is 2.77. The fourth-order valence-electron chi connectivity index (χ4n) is 2.64. The van der Waals surface area contributed by atoms with Crippen molar-refractivity contribution in [2.75, 3.05) is 5.32 Å². The highest BCUT2D eigenvalue weighted by Crippen LogP contribution is 2.24. The molecule has 0 radical (unpaired) electrons. The maximum absolute atomic E-state index is 5.97. The lowest BCUT2D eigenvalue weighted by Gasteiger charge is -2.18. The molecule has 21 heavy (non-hydrogen) atoms. The number of nitrogens with one attached hydrogen (secondary N) is 2. The highest BCUT2D eigenvalue weighted by atomic mass is 35.5. The summed E-state index contributed by atoms with van der Waals surface area (Å²) in [6, 6.07) is 15.7. The zero-order chi connectivity index (χ0) is 14.4. The lowest BCUT2D eigenvalue weighted by molar-refractivity contribution is -0.674. The highest BCUT2D eigenvalue weighted by Gasteiger charge is 2.30. The van der Waals surface area contributed by atoms with E-state index in [0.29, 0.717) is 11.0 Å².